The van der Waals surface area contributed by atoms with E-state index >= 15 is 0 Å². The first-order valence-electron chi connectivity index (χ1n) is 6.17. The zero-order chi connectivity index (χ0) is 12.4. The van der Waals surface area contributed by atoms with Gasteiger partial charge in [0.15, 0.2) is 0 Å². The quantitative estimate of drug-likeness (QED) is 0.673. The average Bonchev–Trinajstić information content (AvgIpc) is 2.47. The summed E-state index contributed by atoms with van der Waals surface area (Å²) in [5.74, 6) is 0. The molecule has 2 nitrogen and oxygen atoms in total. The number of rotatable bonds is 2. The standard InChI is InChI=1S/C16H14N2/c1-2-12-8-9-15(18-11-12)14-7-3-5-13-6-4-10-17-16(13)14/h3-11H,2H2,1H3. The smallest absolute Gasteiger partial charge is 0.0795 e. The summed E-state index contributed by atoms with van der Waals surface area (Å²) in [6, 6.07) is 14.4. The van der Waals surface area contributed by atoms with Crippen molar-refractivity contribution in [3.63, 3.8) is 0 Å². The van der Waals surface area contributed by atoms with E-state index in [0.29, 0.717) is 0 Å². The largest absolute Gasteiger partial charge is 0.256 e. The lowest BCUT2D eigenvalue weighted by Crippen LogP contribution is -1.89. The number of benzene rings is 1. The highest BCUT2D eigenvalue weighted by molar-refractivity contribution is 5.92. The van der Waals surface area contributed by atoms with Crippen LogP contribution >= 0.6 is 0 Å². The number of aryl methyl sites for hydroxylation is 1. The zero-order valence-corrected chi connectivity index (χ0v) is 10.3. The molecular weight excluding hydrogens is 220 g/mol. The summed E-state index contributed by atoms with van der Waals surface area (Å²) in [6.45, 7) is 2.14. The topological polar surface area (TPSA) is 25.8 Å². The van der Waals surface area contributed by atoms with Crippen molar-refractivity contribution in [2.75, 3.05) is 0 Å². The Balaban J connectivity index is 2.18. The Morgan fingerprint density at radius 1 is 0.944 bits per heavy atom. The summed E-state index contributed by atoms with van der Waals surface area (Å²) >= 11 is 0. The van der Waals surface area contributed by atoms with Gasteiger partial charge in [0.25, 0.3) is 0 Å². The minimum Gasteiger partial charge on any atom is -0.256 e. The van der Waals surface area contributed by atoms with Crippen molar-refractivity contribution >= 4 is 10.9 Å². The van der Waals surface area contributed by atoms with Crippen molar-refractivity contribution in [1.82, 2.24) is 9.97 Å². The minimum atomic E-state index is 0.983. The minimum absolute atomic E-state index is 0.983. The molecule has 3 rings (SSSR count). The van der Waals surface area contributed by atoms with E-state index < -0.39 is 0 Å². The molecule has 0 radical (unpaired) electrons. The molecule has 0 fully saturated rings. The van der Waals surface area contributed by atoms with E-state index in [1.165, 1.54) is 5.56 Å². The second kappa shape index (κ2) is 4.57. The molecule has 88 valence electrons. The highest BCUT2D eigenvalue weighted by atomic mass is 14.7. The van der Waals surface area contributed by atoms with Crippen molar-refractivity contribution in [2.24, 2.45) is 0 Å². The Hall–Kier alpha value is -2.22. The summed E-state index contributed by atoms with van der Waals surface area (Å²) in [7, 11) is 0. The molecule has 0 atom stereocenters. The van der Waals surface area contributed by atoms with Gasteiger partial charge in [-0.3, -0.25) is 9.97 Å². The molecular formula is C16H14N2. The number of pyridine rings is 2. The molecule has 0 saturated carbocycles. The first-order chi connectivity index (χ1) is 8.88. The Morgan fingerprint density at radius 2 is 1.83 bits per heavy atom. The van der Waals surface area contributed by atoms with Crippen LogP contribution < -0.4 is 0 Å². The first kappa shape index (κ1) is 10.9. The molecule has 2 aromatic heterocycles. The summed E-state index contributed by atoms with van der Waals surface area (Å²) in [6.07, 6.45) is 4.78. The molecule has 0 amide bonds. The molecule has 0 aliphatic heterocycles. The molecule has 0 aliphatic rings. The van der Waals surface area contributed by atoms with E-state index in [-0.39, 0.29) is 0 Å². The molecule has 0 N–H and O–H groups in total. The van der Waals surface area contributed by atoms with Gasteiger partial charge in [-0.2, -0.15) is 0 Å². The van der Waals surface area contributed by atoms with Crippen LogP contribution in [0.25, 0.3) is 22.2 Å². The summed E-state index contributed by atoms with van der Waals surface area (Å²) in [5, 5.41) is 1.15. The number of para-hydroxylation sites is 1. The van der Waals surface area contributed by atoms with Crippen LogP contribution in [0.3, 0.4) is 0 Å². The maximum absolute atomic E-state index is 4.53. The highest BCUT2D eigenvalue weighted by Gasteiger charge is 2.05. The van der Waals surface area contributed by atoms with Crippen molar-refractivity contribution in [3.8, 4) is 11.3 Å². The Labute approximate surface area is 106 Å². The highest BCUT2D eigenvalue weighted by Crippen LogP contribution is 2.25. The van der Waals surface area contributed by atoms with Gasteiger partial charge >= 0.3 is 0 Å². The molecule has 0 spiro atoms. The van der Waals surface area contributed by atoms with Gasteiger partial charge in [-0.15, -0.1) is 0 Å². The van der Waals surface area contributed by atoms with E-state index in [1.54, 1.807) is 0 Å². The fourth-order valence-electron chi connectivity index (χ4n) is 2.10. The SMILES string of the molecule is CCc1ccc(-c2cccc3cccnc23)nc1. The molecule has 0 aliphatic carbocycles. The van der Waals surface area contributed by atoms with Gasteiger partial charge in [-0.25, -0.2) is 0 Å². The van der Waals surface area contributed by atoms with Crippen LogP contribution in [0.15, 0.2) is 54.9 Å². The third-order valence-corrected chi connectivity index (χ3v) is 3.14. The van der Waals surface area contributed by atoms with Crippen molar-refractivity contribution in [1.29, 1.82) is 0 Å². The first-order valence-corrected chi connectivity index (χ1v) is 6.17. The van der Waals surface area contributed by atoms with Gasteiger partial charge in [0.2, 0.25) is 0 Å². The van der Waals surface area contributed by atoms with Gasteiger partial charge in [0, 0.05) is 23.3 Å². The molecule has 18 heavy (non-hydrogen) atoms. The van der Waals surface area contributed by atoms with Crippen LogP contribution in [-0.4, -0.2) is 9.97 Å². The van der Waals surface area contributed by atoms with E-state index in [0.717, 1.165) is 28.6 Å². The van der Waals surface area contributed by atoms with Crippen LogP contribution in [0.2, 0.25) is 0 Å². The number of fused-ring (bicyclic) bond motifs is 1. The van der Waals surface area contributed by atoms with Crippen LogP contribution in [0, 0.1) is 0 Å². The summed E-state index contributed by atoms with van der Waals surface area (Å²) < 4.78 is 0. The molecule has 2 heteroatoms. The number of hydrogen-bond acceptors (Lipinski definition) is 2. The zero-order valence-electron chi connectivity index (χ0n) is 10.3. The maximum Gasteiger partial charge on any atom is 0.0795 e. The van der Waals surface area contributed by atoms with Crippen LogP contribution in [0.4, 0.5) is 0 Å². The lowest BCUT2D eigenvalue weighted by molar-refractivity contribution is 1.11. The Bertz CT molecular complexity index is 667. The van der Waals surface area contributed by atoms with Gasteiger partial charge in [-0.1, -0.05) is 37.3 Å². The van der Waals surface area contributed by atoms with E-state index in [9.17, 15) is 0 Å². The van der Waals surface area contributed by atoms with E-state index in [2.05, 4.69) is 53.3 Å². The van der Waals surface area contributed by atoms with Gasteiger partial charge in [-0.05, 0) is 24.1 Å². The van der Waals surface area contributed by atoms with Gasteiger partial charge in [0.1, 0.15) is 0 Å². The fourth-order valence-corrected chi connectivity index (χ4v) is 2.10. The molecule has 3 aromatic rings. The van der Waals surface area contributed by atoms with Crippen LogP contribution in [0.1, 0.15) is 12.5 Å². The Kier molecular flexibility index (Phi) is 2.77. The summed E-state index contributed by atoms with van der Waals surface area (Å²) in [4.78, 5) is 8.99. The third-order valence-electron chi connectivity index (χ3n) is 3.14. The molecule has 0 unspecified atom stereocenters. The lowest BCUT2D eigenvalue weighted by atomic mass is 10.1. The number of hydrogen-bond donors (Lipinski definition) is 0. The van der Waals surface area contributed by atoms with Crippen LogP contribution in [-0.2, 0) is 6.42 Å². The second-order valence-corrected chi connectivity index (χ2v) is 4.29. The van der Waals surface area contributed by atoms with E-state index in [1.807, 2.05) is 18.5 Å². The third kappa shape index (κ3) is 1.86. The predicted molar refractivity (Wildman–Crippen MR) is 74.4 cm³/mol. The normalized spacial score (nSPS) is 10.7. The van der Waals surface area contributed by atoms with Crippen LogP contribution in [0.5, 0.6) is 0 Å². The van der Waals surface area contributed by atoms with Crippen molar-refractivity contribution in [2.45, 2.75) is 13.3 Å². The maximum atomic E-state index is 4.53. The monoisotopic (exact) mass is 234 g/mol. The fraction of sp³-hybridized carbons (Fsp3) is 0.125. The molecule has 0 bridgehead atoms. The van der Waals surface area contributed by atoms with Gasteiger partial charge in [0.05, 0.1) is 11.2 Å². The van der Waals surface area contributed by atoms with Gasteiger partial charge < -0.3 is 0 Å². The summed E-state index contributed by atoms with van der Waals surface area (Å²) in [5.41, 5.74) is 4.34. The average molecular weight is 234 g/mol. The van der Waals surface area contributed by atoms with Crippen molar-refractivity contribution in [3.05, 3.63) is 60.4 Å². The Morgan fingerprint density at radius 3 is 2.61 bits per heavy atom. The molecule has 0 saturated heterocycles. The van der Waals surface area contributed by atoms with E-state index in [4.69, 9.17) is 0 Å². The molecule has 1 aromatic carbocycles. The molecule has 2 heterocycles. The second-order valence-electron chi connectivity index (χ2n) is 4.29. The van der Waals surface area contributed by atoms with Crippen molar-refractivity contribution < 1.29 is 0 Å². The lowest BCUT2D eigenvalue weighted by Gasteiger charge is -2.05. The number of nitrogens with zero attached hydrogens (tertiary/aromatic N) is 2. The predicted octanol–water partition coefficient (Wildman–Crippen LogP) is 3.86. The number of aromatic nitrogens is 2.